The molecule has 0 bridgehead atoms. The SMILES string of the molecule is COCC1(CN(C)c2cc(-c3cc(C4CC4)nc(C(F)(F)F)c3)nc3nc(-c4cnc(N5CCN(CCCC(=O)O)C(C)(C)C5)cn4)[nH]c23)CCCC1. The normalized spacial score (nSPS) is 18.9. The summed E-state index contributed by atoms with van der Waals surface area (Å²) in [6.07, 6.45) is 5.52. The van der Waals surface area contributed by atoms with E-state index in [-0.39, 0.29) is 23.3 Å². The zero-order chi connectivity index (χ0) is 37.5. The fourth-order valence-electron chi connectivity index (χ4n) is 8.17. The standard InChI is InChI=1S/C38H48F3N9O3/c1-36(2)21-49(14-15-50(36)13-7-8-32(51)52)31-20-42-28(19-43-31)34-46-33-29(48(3)22-37(23-53-4)11-5-6-12-37)18-27(45-35(33)47-34)25-16-26(24-9-10-24)44-30(17-25)38(39,40)41/h16-20,24H,5-15,21-23H2,1-4H3,(H,51,52)(H,45,46,47). The first-order valence-corrected chi connectivity index (χ1v) is 18.5. The van der Waals surface area contributed by atoms with Crippen molar-refractivity contribution in [1.29, 1.82) is 0 Å². The van der Waals surface area contributed by atoms with Gasteiger partial charge in [-0.1, -0.05) is 12.8 Å². The number of imidazole rings is 1. The highest BCUT2D eigenvalue weighted by Gasteiger charge is 2.38. The third-order valence-electron chi connectivity index (χ3n) is 11.1. The minimum Gasteiger partial charge on any atom is -0.481 e. The number of fused-ring (bicyclic) bond motifs is 1. The number of ether oxygens (including phenoxy) is 1. The number of carboxylic acids is 1. The molecule has 2 aliphatic carbocycles. The Morgan fingerprint density at radius 3 is 2.47 bits per heavy atom. The van der Waals surface area contributed by atoms with Crippen molar-refractivity contribution in [3.05, 3.63) is 42.0 Å². The summed E-state index contributed by atoms with van der Waals surface area (Å²) >= 11 is 0. The molecule has 284 valence electrons. The van der Waals surface area contributed by atoms with Gasteiger partial charge in [0, 0.05) is 74.9 Å². The van der Waals surface area contributed by atoms with Crippen LogP contribution in [-0.4, -0.2) is 105 Å². The average Bonchev–Trinajstić information content (AvgIpc) is 3.72. The Kier molecular flexibility index (Phi) is 10.1. The molecule has 1 aliphatic heterocycles. The number of anilines is 2. The first-order chi connectivity index (χ1) is 25.2. The zero-order valence-electron chi connectivity index (χ0n) is 30.8. The van der Waals surface area contributed by atoms with Crippen LogP contribution in [0.15, 0.2) is 30.6 Å². The summed E-state index contributed by atoms with van der Waals surface area (Å²) < 4.78 is 47.8. The highest BCUT2D eigenvalue weighted by atomic mass is 19.4. The Balaban J connectivity index is 1.21. The summed E-state index contributed by atoms with van der Waals surface area (Å²) in [5.74, 6) is 0.429. The number of hydrogen-bond acceptors (Lipinski definition) is 10. The maximum atomic E-state index is 14.1. The van der Waals surface area contributed by atoms with Gasteiger partial charge in [0.2, 0.25) is 0 Å². The van der Waals surface area contributed by atoms with Crippen LogP contribution in [0.3, 0.4) is 0 Å². The van der Waals surface area contributed by atoms with Gasteiger partial charge >= 0.3 is 12.1 Å². The second-order valence-electron chi connectivity index (χ2n) is 15.7. The molecule has 7 rings (SSSR count). The van der Waals surface area contributed by atoms with Crippen LogP contribution in [0.2, 0.25) is 0 Å². The summed E-state index contributed by atoms with van der Waals surface area (Å²) in [7, 11) is 3.72. The predicted octanol–water partition coefficient (Wildman–Crippen LogP) is 6.78. The molecule has 0 atom stereocenters. The van der Waals surface area contributed by atoms with Crippen LogP contribution in [0, 0.1) is 5.41 Å². The highest BCUT2D eigenvalue weighted by molar-refractivity contribution is 5.91. The van der Waals surface area contributed by atoms with Gasteiger partial charge in [-0.25, -0.2) is 24.9 Å². The Labute approximate surface area is 307 Å². The lowest BCUT2D eigenvalue weighted by Crippen LogP contribution is -2.59. The summed E-state index contributed by atoms with van der Waals surface area (Å²) in [5.41, 5.74) is 2.38. The number of carbonyl (C=O) groups is 1. The van der Waals surface area contributed by atoms with Crippen molar-refractivity contribution in [2.75, 3.05) is 63.3 Å². The highest BCUT2D eigenvalue weighted by Crippen LogP contribution is 2.44. The van der Waals surface area contributed by atoms with Crippen molar-refractivity contribution in [2.24, 2.45) is 5.41 Å². The minimum absolute atomic E-state index is 0.0236. The van der Waals surface area contributed by atoms with Crippen molar-refractivity contribution in [2.45, 2.75) is 82.8 Å². The van der Waals surface area contributed by atoms with E-state index >= 15 is 0 Å². The number of piperazine rings is 1. The maximum absolute atomic E-state index is 14.1. The molecule has 0 spiro atoms. The van der Waals surface area contributed by atoms with Crippen molar-refractivity contribution in [1.82, 2.24) is 34.8 Å². The number of nitrogens with one attached hydrogen (secondary N) is 1. The third kappa shape index (κ3) is 8.10. The predicted molar refractivity (Wildman–Crippen MR) is 196 cm³/mol. The van der Waals surface area contributed by atoms with Gasteiger partial charge in [-0.15, -0.1) is 0 Å². The van der Waals surface area contributed by atoms with Gasteiger partial charge in [0.1, 0.15) is 22.7 Å². The molecule has 5 heterocycles. The van der Waals surface area contributed by atoms with Crippen LogP contribution in [0.5, 0.6) is 0 Å². The van der Waals surface area contributed by atoms with Gasteiger partial charge in [-0.05, 0) is 70.7 Å². The largest absolute Gasteiger partial charge is 0.481 e. The lowest BCUT2D eigenvalue weighted by Gasteiger charge is -2.47. The van der Waals surface area contributed by atoms with Gasteiger partial charge in [-0.3, -0.25) is 9.69 Å². The second-order valence-corrected chi connectivity index (χ2v) is 15.7. The van der Waals surface area contributed by atoms with E-state index in [0.29, 0.717) is 65.8 Å². The Morgan fingerprint density at radius 2 is 1.83 bits per heavy atom. The van der Waals surface area contributed by atoms with Crippen LogP contribution >= 0.6 is 0 Å². The molecule has 4 aromatic heterocycles. The number of methoxy groups -OCH3 is 1. The molecule has 4 aromatic rings. The lowest BCUT2D eigenvalue weighted by molar-refractivity contribution is -0.141. The molecule has 0 radical (unpaired) electrons. The summed E-state index contributed by atoms with van der Waals surface area (Å²) in [6, 6.07) is 4.68. The van der Waals surface area contributed by atoms with Crippen molar-refractivity contribution >= 4 is 28.6 Å². The maximum Gasteiger partial charge on any atom is 0.433 e. The molecule has 0 unspecified atom stereocenters. The Hall–Kier alpha value is -4.37. The molecule has 15 heteroatoms. The van der Waals surface area contributed by atoms with E-state index in [9.17, 15) is 18.0 Å². The topological polar surface area (TPSA) is 136 Å². The smallest absolute Gasteiger partial charge is 0.433 e. The Morgan fingerprint density at radius 1 is 1.06 bits per heavy atom. The number of alkyl halides is 3. The molecule has 1 saturated heterocycles. The molecule has 2 saturated carbocycles. The van der Waals surface area contributed by atoms with Crippen LogP contribution < -0.4 is 9.80 Å². The minimum atomic E-state index is -4.59. The number of halogens is 3. The number of rotatable bonds is 13. The first-order valence-electron chi connectivity index (χ1n) is 18.5. The van der Waals surface area contributed by atoms with Gasteiger partial charge in [-0.2, -0.15) is 13.2 Å². The molecular formula is C38H48F3N9O3. The van der Waals surface area contributed by atoms with Crippen LogP contribution in [0.4, 0.5) is 24.7 Å². The molecule has 0 aromatic carbocycles. The van der Waals surface area contributed by atoms with Crippen molar-refractivity contribution < 1.29 is 27.8 Å². The van der Waals surface area contributed by atoms with E-state index in [2.05, 4.69) is 38.5 Å². The van der Waals surface area contributed by atoms with E-state index in [1.807, 2.05) is 13.1 Å². The average molecular weight is 736 g/mol. The van der Waals surface area contributed by atoms with Crippen molar-refractivity contribution in [3.8, 4) is 22.8 Å². The number of nitrogens with zero attached hydrogens (tertiary/aromatic N) is 8. The fraction of sp³-hybridized carbons (Fsp3) is 0.579. The Bertz CT molecular complexity index is 1940. The van der Waals surface area contributed by atoms with Crippen LogP contribution in [0.25, 0.3) is 33.9 Å². The lowest BCUT2D eigenvalue weighted by atomic mass is 9.86. The van der Waals surface area contributed by atoms with E-state index in [1.54, 1.807) is 25.6 Å². The second kappa shape index (κ2) is 14.5. The fourth-order valence-corrected chi connectivity index (χ4v) is 8.17. The number of pyridine rings is 2. The number of H-pyrrole nitrogens is 1. The molecule has 12 nitrogen and oxygen atoms in total. The first kappa shape index (κ1) is 37.0. The van der Waals surface area contributed by atoms with Crippen LogP contribution in [-0.2, 0) is 15.7 Å². The van der Waals surface area contributed by atoms with Gasteiger partial charge in [0.05, 0.1) is 30.4 Å². The van der Waals surface area contributed by atoms with E-state index in [1.165, 1.54) is 0 Å². The molecular weight excluding hydrogens is 687 g/mol. The molecule has 53 heavy (non-hydrogen) atoms. The van der Waals surface area contributed by atoms with Gasteiger partial charge in [0.15, 0.2) is 11.5 Å². The van der Waals surface area contributed by atoms with E-state index < -0.39 is 17.8 Å². The summed E-state index contributed by atoms with van der Waals surface area (Å²) in [4.78, 5) is 44.2. The quantitative estimate of drug-likeness (QED) is 0.150. The van der Waals surface area contributed by atoms with Crippen molar-refractivity contribution in [3.63, 3.8) is 0 Å². The number of carboxylic acid groups (broad SMARTS) is 1. The zero-order valence-corrected chi connectivity index (χ0v) is 30.8. The number of aliphatic carboxylic acids is 1. The number of aromatic amines is 1. The van der Waals surface area contributed by atoms with Crippen LogP contribution in [0.1, 0.15) is 82.5 Å². The molecule has 3 aliphatic rings. The van der Waals surface area contributed by atoms with Gasteiger partial charge < -0.3 is 24.6 Å². The van der Waals surface area contributed by atoms with Gasteiger partial charge in [0.25, 0.3) is 0 Å². The molecule has 3 fully saturated rings. The van der Waals surface area contributed by atoms with E-state index in [4.69, 9.17) is 29.8 Å². The third-order valence-corrected chi connectivity index (χ3v) is 11.1. The van der Waals surface area contributed by atoms with E-state index in [0.717, 1.165) is 75.7 Å². The monoisotopic (exact) mass is 735 g/mol. The summed E-state index contributed by atoms with van der Waals surface area (Å²) in [5, 5.41) is 9.05. The molecule has 0 amide bonds. The number of hydrogen-bond donors (Lipinski definition) is 2. The number of aromatic nitrogens is 6. The molecule has 2 N–H and O–H groups in total. The summed E-state index contributed by atoms with van der Waals surface area (Å²) in [6.45, 7) is 8.56.